The smallest absolute Gasteiger partial charge is 0.0900 e. The molecule has 0 atom stereocenters. The standard InChI is InChI=1S/C9H4Br2ClN/c10-6-4-13-9-5(8(6)11)2-1-3-7(9)12/h1-4H. The second-order valence-corrected chi connectivity index (χ2v) is 4.61. The van der Waals surface area contributed by atoms with E-state index < -0.39 is 0 Å². The lowest BCUT2D eigenvalue weighted by Gasteiger charge is -2.02. The molecule has 0 N–H and O–H groups in total. The van der Waals surface area contributed by atoms with Gasteiger partial charge in [-0.2, -0.15) is 0 Å². The van der Waals surface area contributed by atoms with Gasteiger partial charge in [0.1, 0.15) is 0 Å². The predicted molar refractivity (Wildman–Crippen MR) is 62.2 cm³/mol. The Balaban J connectivity index is 2.94. The van der Waals surface area contributed by atoms with Gasteiger partial charge in [0.2, 0.25) is 0 Å². The highest BCUT2D eigenvalue weighted by Gasteiger charge is 2.05. The Kier molecular flexibility index (Phi) is 2.58. The topological polar surface area (TPSA) is 12.9 Å². The van der Waals surface area contributed by atoms with Crippen LogP contribution in [0.15, 0.2) is 33.3 Å². The monoisotopic (exact) mass is 319 g/mol. The molecule has 0 aliphatic heterocycles. The number of benzene rings is 1. The average molecular weight is 321 g/mol. The SMILES string of the molecule is Clc1cccc2c(Br)c(Br)cnc12. The third-order valence-electron chi connectivity index (χ3n) is 1.74. The van der Waals surface area contributed by atoms with Crippen LogP contribution in [0.1, 0.15) is 0 Å². The molecule has 0 saturated heterocycles. The highest BCUT2D eigenvalue weighted by atomic mass is 79.9. The van der Waals surface area contributed by atoms with Gasteiger partial charge in [-0.25, -0.2) is 0 Å². The minimum atomic E-state index is 0.672. The molecule has 2 rings (SSSR count). The average Bonchev–Trinajstić information content (AvgIpc) is 2.12. The molecule has 66 valence electrons. The van der Waals surface area contributed by atoms with E-state index in [1.165, 1.54) is 0 Å². The number of fused-ring (bicyclic) bond motifs is 1. The predicted octanol–water partition coefficient (Wildman–Crippen LogP) is 4.41. The summed E-state index contributed by atoms with van der Waals surface area (Å²) >= 11 is 12.8. The summed E-state index contributed by atoms with van der Waals surface area (Å²) < 4.78 is 1.92. The first-order valence-corrected chi connectivity index (χ1v) is 5.55. The van der Waals surface area contributed by atoms with E-state index in [1.54, 1.807) is 6.20 Å². The van der Waals surface area contributed by atoms with Crippen molar-refractivity contribution in [3.05, 3.63) is 38.4 Å². The molecule has 0 amide bonds. The molecule has 2 aromatic rings. The van der Waals surface area contributed by atoms with E-state index in [2.05, 4.69) is 36.8 Å². The molecule has 0 saturated carbocycles. The highest BCUT2D eigenvalue weighted by Crippen LogP contribution is 2.32. The van der Waals surface area contributed by atoms with Gasteiger partial charge in [-0.3, -0.25) is 4.98 Å². The maximum Gasteiger partial charge on any atom is 0.0900 e. The van der Waals surface area contributed by atoms with Crippen LogP contribution in [0.5, 0.6) is 0 Å². The van der Waals surface area contributed by atoms with E-state index >= 15 is 0 Å². The molecular weight excluding hydrogens is 317 g/mol. The molecular formula is C9H4Br2ClN. The zero-order chi connectivity index (χ0) is 9.42. The van der Waals surface area contributed by atoms with Crippen LogP contribution in [0.4, 0.5) is 0 Å². The summed E-state index contributed by atoms with van der Waals surface area (Å²) in [6.45, 7) is 0. The lowest BCUT2D eigenvalue weighted by atomic mass is 10.2. The molecule has 0 aliphatic carbocycles. The number of halogens is 3. The number of nitrogens with zero attached hydrogens (tertiary/aromatic N) is 1. The summed E-state index contributed by atoms with van der Waals surface area (Å²) in [5.74, 6) is 0. The molecule has 1 aromatic heterocycles. The number of pyridine rings is 1. The van der Waals surface area contributed by atoms with Crippen LogP contribution in [0.25, 0.3) is 10.9 Å². The van der Waals surface area contributed by atoms with Crippen molar-refractivity contribution in [2.24, 2.45) is 0 Å². The summed E-state index contributed by atoms with van der Waals surface area (Å²) in [4.78, 5) is 4.23. The van der Waals surface area contributed by atoms with Crippen molar-refractivity contribution in [2.45, 2.75) is 0 Å². The fourth-order valence-corrected chi connectivity index (χ4v) is 2.09. The molecule has 0 fully saturated rings. The lowest BCUT2D eigenvalue weighted by Crippen LogP contribution is -1.82. The maximum absolute atomic E-state index is 5.98. The van der Waals surface area contributed by atoms with Crippen molar-refractivity contribution < 1.29 is 0 Å². The Morgan fingerprint density at radius 1 is 1.23 bits per heavy atom. The molecule has 4 heteroatoms. The van der Waals surface area contributed by atoms with Crippen molar-refractivity contribution in [3.8, 4) is 0 Å². The second kappa shape index (κ2) is 3.56. The number of aromatic nitrogens is 1. The van der Waals surface area contributed by atoms with Crippen molar-refractivity contribution in [1.29, 1.82) is 0 Å². The first-order valence-electron chi connectivity index (χ1n) is 3.58. The van der Waals surface area contributed by atoms with Crippen LogP contribution in [0.3, 0.4) is 0 Å². The molecule has 1 nitrogen and oxygen atoms in total. The second-order valence-electron chi connectivity index (χ2n) is 2.56. The van der Waals surface area contributed by atoms with Gasteiger partial charge in [0, 0.05) is 16.1 Å². The van der Waals surface area contributed by atoms with Gasteiger partial charge < -0.3 is 0 Å². The van der Waals surface area contributed by atoms with E-state index in [0.29, 0.717) is 5.02 Å². The normalized spacial score (nSPS) is 10.7. The minimum absolute atomic E-state index is 0.672. The van der Waals surface area contributed by atoms with Crippen LogP contribution in [-0.4, -0.2) is 4.98 Å². The molecule has 0 unspecified atom stereocenters. The van der Waals surface area contributed by atoms with Crippen molar-refractivity contribution >= 4 is 54.4 Å². The van der Waals surface area contributed by atoms with Gasteiger partial charge in [-0.1, -0.05) is 23.7 Å². The van der Waals surface area contributed by atoms with E-state index in [0.717, 1.165) is 19.8 Å². The van der Waals surface area contributed by atoms with Gasteiger partial charge in [-0.15, -0.1) is 0 Å². The lowest BCUT2D eigenvalue weighted by molar-refractivity contribution is 1.38. The molecule has 0 aliphatic rings. The van der Waals surface area contributed by atoms with Crippen LogP contribution >= 0.6 is 43.5 Å². The Bertz CT molecular complexity index is 470. The molecule has 1 aromatic carbocycles. The van der Waals surface area contributed by atoms with Crippen molar-refractivity contribution in [2.75, 3.05) is 0 Å². The Labute approximate surface area is 97.4 Å². The fourth-order valence-electron chi connectivity index (χ4n) is 1.13. The minimum Gasteiger partial charge on any atom is -0.253 e. The summed E-state index contributed by atoms with van der Waals surface area (Å²) in [5, 5.41) is 1.69. The number of rotatable bonds is 0. The summed E-state index contributed by atoms with van der Waals surface area (Å²) in [6, 6.07) is 5.71. The third kappa shape index (κ3) is 1.60. The van der Waals surface area contributed by atoms with Gasteiger partial charge in [0.15, 0.2) is 0 Å². The molecule has 0 bridgehead atoms. The third-order valence-corrected chi connectivity index (χ3v) is 4.03. The first kappa shape index (κ1) is 9.44. The first-order chi connectivity index (χ1) is 6.20. The molecule has 0 radical (unpaired) electrons. The quantitative estimate of drug-likeness (QED) is 0.700. The highest BCUT2D eigenvalue weighted by molar-refractivity contribution is 9.13. The number of para-hydroxylation sites is 1. The zero-order valence-corrected chi connectivity index (χ0v) is 10.3. The number of hydrogen-bond acceptors (Lipinski definition) is 1. The van der Waals surface area contributed by atoms with Gasteiger partial charge in [-0.05, 0) is 37.9 Å². The Morgan fingerprint density at radius 3 is 2.77 bits per heavy atom. The zero-order valence-electron chi connectivity index (χ0n) is 6.39. The van der Waals surface area contributed by atoms with Crippen LogP contribution in [0, 0.1) is 0 Å². The van der Waals surface area contributed by atoms with E-state index in [-0.39, 0.29) is 0 Å². The molecule has 0 spiro atoms. The van der Waals surface area contributed by atoms with Gasteiger partial charge >= 0.3 is 0 Å². The van der Waals surface area contributed by atoms with Crippen molar-refractivity contribution in [3.63, 3.8) is 0 Å². The fraction of sp³-hybridized carbons (Fsp3) is 0. The van der Waals surface area contributed by atoms with E-state index in [9.17, 15) is 0 Å². The molecule has 1 heterocycles. The summed E-state index contributed by atoms with van der Waals surface area (Å²) in [5.41, 5.74) is 0.819. The van der Waals surface area contributed by atoms with Crippen LogP contribution in [-0.2, 0) is 0 Å². The summed E-state index contributed by atoms with van der Waals surface area (Å²) in [7, 11) is 0. The number of hydrogen-bond donors (Lipinski definition) is 0. The van der Waals surface area contributed by atoms with Crippen molar-refractivity contribution in [1.82, 2.24) is 4.98 Å². The van der Waals surface area contributed by atoms with Crippen LogP contribution in [0.2, 0.25) is 5.02 Å². The van der Waals surface area contributed by atoms with E-state index in [1.807, 2.05) is 18.2 Å². The van der Waals surface area contributed by atoms with Gasteiger partial charge in [0.25, 0.3) is 0 Å². The Hall–Kier alpha value is -0.120. The summed E-state index contributed by atoms with van der Waals surface area (Å²) in [6.07, 6.45) is 1.73. The Morgan fingerprint density at radius 2 is 2.00 bits per heavy atom. The van der Waals surface area contributed by atoms with E-state index in [4.69, 9.17) is 11.6 Å². The largest absolute Gasteiger partial charge is 0.253 e. The van der Waals surface area contributed by atoms with Gasteiger partial charge in [0.05, 0.1) is 15.0 Å². The molecule has 13 heavy (non-hydrogen) atoms. The maximum atomic E-state index is 5.98. The van der Waals surface area contributed by atoms with Crippen LogP contribution < -0.4 is 0 Å².